The number of carbonyl (C=O) groups excluding carboxylic acids is 1. The molecular formula is C25H36O4. The highest BCUT2D eigenvalue weighted by Gasteiger charge is 2.55. The maximum absolute atomic E-state index is 12.7. The van der Waals surface area contributed by atoms with Gasteiger partial charge in [-0.15, -0.1) is 0 Å². The molecule has 0 N–H and O–H groups in total. The molecule has 29 heavy (non-hydrogen) atoms. The molecule has 0 unspecified atom stereocenters. The maximum atomic E-state index is 12.7. The Bertz CT molecular complexity index is 694. The van der Waals surface area contributed by atoms with E-state index in [1.807, 2.05) is 30.3 Å². The first-order valence-electron chi connectivity index (χ1n) is 11.5. The second kappa shape index (κ2) is 8.39. The Morgan fingerprint density at radius 2 is 1.79 bits per heavy atom. The van der Waals surface area contributed by atoms with E-state index in [4.69, 9.17) is 14.2 Å². The molecule has 0 radical (unpaired) electrons. The van der Waals surface area contributed by atoms with Crippen LogP contribution in [0, 0.1) is 23.2 Å². The van der Waals surface area contributed by atoms with Gasteiger partial charge in [0.25, 0.3) is 0 Å². The van der Waals surface area contributed by atoms with E-state index in [1.54, 1.807) is 0 Å². The summed E-state index contributed by atoms with van der Waals surface area (Å²) in [6, 6.07) is 9.38. The zero-order valence-corrected chi connectivity index (χ0v) is 18.3. The molecule has 0 aromatic heterocycles. The van der Waals surface area contributed by atoms with Crippen molar-refractivity contribution in [2.75, 3.05) is 0 Å². The number of fused-ring (bicyclic) bond motifs is 1. The summed E-state index contributed by atoms with van der Waals surface area (Å²) in [6.45, 7) is 9.02. The van der Waals surface area contributed by atoms with E-state index in [0.29, 0.717) is 23.3 Å². The summed E-state index contributed by atoms with van der Waals surface area (Å²) in [5, 5.41) is 0. The third-order valence-corrected chi connectivity index (χ3v) is 7.86. The van der Waals surface area contributed by atoms with Gasteiger partial charge in [0.1, 0.15) is 6.10 Å². The Kier molecular flexibility index (Phi) is 6.04. The lowest BCUT2D eigenvalue weighted by Gasteiger charge is -2.48. The minimum absolute atomic E-state index is 0.0182. The molecule has 160 valence electrons. The summed E-state index contributed by atoms with van der Waals surface area (Å²) in [7, 11) is 0. The average molecular weight is 401 g/mol. The molecule has 1 aromatic carbocycles. The normalized spacial score (nSPS) is 40.8. The van der Waals surface area contributed by atoms with Gasteiger partial charge in [-0.05, 0) is 75.8 Å². The number of rotatable bonds is 4. The number of ether oxygens (including phenoxy) is 3. The van der Waals surface area contributed by atoms with Gasteiger partial charge in [0.2, 0.25) is 0 Å². The molecule has 1 heterocycles. The monoisotopic (exact) mass is 400 g/mol. The van der Waals surface area contributed by atoms with Crippen LogP contribution in [-0.4, -0.2) is 30.6 Å². The number of benzene rings is 1. The summed E-state index contributed by atoms with van der Waals surface area (Å²) >= 11 is 0. The minimum Gasteiger partial charge on any atom is -0.458 e. The van der Waals surface area contributed by atoms with Gasteiger partial charge in [0.15, 0.2) is 6.29 Å². The highest BCUT2D eigenvalue weighted by molar-refractivity contribution is 5.89. The molecule has 0 amide bonds. The first-order valence-corrected chi connectivity index (χ1v) is 11.5. The van der Waals surface area contributed by atoms with Gasteiger partial charge < -0.3 is 14.2 Å². The van der Waals surface area contributed by atoms with Crippen LogP contribution >= 0.6 is 0 Å². The Morgan fingerprint density at radius 1 is 1.10 bits per heavy atom. The fourth-order valence-electron chi connectivity index (χ4n) is 6.45. The molecule has 2 saturated carbocycles. The van der Waals surface area contributed by atoms with E-state index in [9.17, 15) is 4.79 Å². The highest BCUT2D eigenvalue weighted by Crippen LogP contribution is 2.59. The van der Waals surface area contributed by atoms with Crippen LogP contribution in [0.3, 0.4) is 0 Å². The van der Waals surface area contributed by atoms with Crippen molar-refractivity contribution in [1.29, 1.82) is 0 Å². The molecule has 3 aliphatic rings. The van der Waals surface area contributed by atoms with Crippen LogP contribution in [-0.2, 0) is 14.2 Å². The first kappa shape index (κ1) is 20.9. The fraction of sp³-hybridized carbons (Fsp3) is 0.720. The van der Waals surface area contributed by atoms with Gasteiger partial charge >= 0.3 is 5.97 Å². The molecule has 4 heteroatoms. The third kappa shape index (κ3) is 4.11. The quantitative estimate of drug-likeness (QED) is 0.617. The SMILES string of the molecule is C[C@H](C1O[C@@H](C)C[C@H](C)O1)[C@H]1CC[C@H]2[C@@H](OC(=O)c3ccccc3)CCC[C@]12C. The molecule has 2 aliphatic carbocycles. The van der Waals surface area contributed by atoms with Crippen LogP contribution < -0.4 is 0 Å². The van der Waals surface area contributed by atoms with Crippen molar-refractivity contribution in [2.45, 2.75) is 90.8 Å². The lowest BCUT2D eigenvalue weighted by molar-refractivity contribution is -0.264. The maximum Gasteiger partial charge on any atom is 0.338 e. The van der Waals surface area contributed by atoms with Gasteiger partial charge in [-0.2, -0.15) is 0 Å². The Hall–Kier alpha value is -1.39. The minimum atomic E-state index is -0.182. The standard InChI is InChI=1S/C25H36O4/c1-16-15-17(2)28-24(27-16)18(3)20-12-13-21-22(11-8-14-25(20,21)4)29-23(26)19-9-6-5-7-10-19/h5-7,9-10,16-18,20-22,24H,8,11-15H2,1-4H3/t16-,17-,18-,20+,21-,22-,25+/m0/s1. The second-order valence-corrected chi connectivity index (χ2v) is 9.85. The summed E-state index contributed by atoms with van der Waals surface area (Å²) in [5.41, 5.74) is 0.824. The summed E-state index contributed by atoms with van der Waals surface area (Å²) in [5.74, 6) is 1.12. The zero-order chi connectivity index (χ0) is 20.6. The van der Waals surface area contributed by atoms with E-state index in [0.717, 1.165) is 32.1 Å². The predicted octanol–water partition coefficient (Wildman–Crippen LogP) is 5.60. The lowest BCUT2D eigenvalue weighted by Crippen LogP contribution is -2.47. The first-order chi connectivity index (χ1) is 13.9. The van der Waals surface area contributed by atoms with Crippen LogP contribution in [0.2, 0.25) is 0 Å². The highest BCUT2D eigenvalue weighted by atomic mass is 16.7. The topological polar surface area (TPSA) is 44.8 Å². The number of carbonyl (C=O) groups is 1. The van der Waals surface area contributed by atoms with E-state index >= 15 is 0 Å². The van der Waals surface area contributed by atoms with Gasteiger partial charge in [-0.3, -0.25) is 0 Å². The van der Waals surface area contributed by atoms with Crippen LogP contribution in [0.15, 0.2) is 30.3 Å². The van der Waals surface area contributed by atoms with Crippen molar-refractivity contribution < 1.29 is 19.0 Å². The Labute approximate surface area is 175 Å². The molecule has 3 fully saturated rings. The average Bonchev–Trinajstić information content (AvgIpc) is 3.05. The van der Waals surface area contributed by atoms with Crippen LogP contribution in [0.1, 0.15) is 76.6 Å². The molecule has 0 bridgehead atoms. The summed E-state index contributed by atoms with van der Waals surface area (Å²) < 4.78 is 18.5. The number of esters is 1. The second-order valence-electron chi connectivity index (χ2n) is 9.85. The Morgan fingerprint density at radius 3 is 2.48 bits per heavy atom. The summed E-state index contributed by atoms with van der Waals surface area (Å²) in [4.78, 5) is 12.7. The van der Waals surface area contributed by atoms with Crippen molar-refractivity contribution in [3.05, 3.63) is 35.9 Å². The van der Waals surface area contributed by atoms with Crippen molar-refractivity contribution >= 4 is 5.97 Å². The van der Waals surface area contributed by atoms with Crippen molar-refractivity contribution in [2.24, 2.45) is 23.2 Å². The molecule has 4 nitrogen and oxygen atoms in total. The van der Waals surface area contributed by atoms with Gasteiger partial charge in [0, 0.05) is 11.8 Å². The Balaban J connectivity index is 1.46. The largest absolute Gasteiger partial charge is 0.458 e. The van der Waals surface area contributed by atoms with Crippen LogP contribution in [0.4, 0.5) is 0 Å². The van der Waals surface area contributed by atoms with E-state index in [2.05, 4.69) is 27.7 Å². The molecule has 1 aromatic rings. The van der Waals surface area contributed by atoms with Crippen molar-refractivity contribution in [3.8, 4) is 0 Å². The number of hydrogen-bond acceptors (Lipinski definition) is 4. The molecule has 4 rings (SSSR count). The smallest absolute Gasteiger partial charge is 0.338 e. The van der Waals surface area contributed by atoms with Gasteiger partial charge in [-0.1, -0.05) is 32.0 Å². The van der Waals surface area contributed by atoms with Crippen LogP contribution in [0.25, 0.3) is 0 Å². The molecular weight excluding hydrogens is 364 g/mol. The molecule has 1 aliphatic heterocycles. The van der Waals surface area contributed by atoms with Crippen molar-refractivity contribution in [1.82, 2.24) is 0 Å². The van der Waals surface area contributed by atoms with Gasteiger partial charge in [-0.25, -0.2) is 4.79 Å². The van der Waals surface area contributed by atoms with E-state index in [1.165, 1.54) is 6.42 Å². The molecule has 0 spiro atoms. The number of hydrogen-bond donors (Lipinski definition) is 0. The molecule has 1 saturated heterocycles. The fourth-order valence-corrected chi connectivity index (χ4v) is 6.45. The lowest BCUT2D eigenvalue weighted by atomic mass is 9.61. The van der Waals surface area contributed by atoms with E-state index in [-0.39, 0.29) is 36.0 Å². The summed E-state index contributed by atoms with van der Waals surface area (Å²) in [6.07, 6.45) is 6.93. The van der Waals surface area contributed by atoms with Crippen LogP contribution in [0.5, 0.6) is 0 Å². The van der Waals surface area contributed by atoms with Crippen molar-refractivity contribution in [3.63, 3.8) is 0 Å². The predicted molar refractivity (Wildman–Crippen MR) is 112 cm³/mol. The third-order valence-electron chi connectivity index (χ3n) is 7.86. The zero-order valence-electron chi connectivity index (χ0n) is 18.3. The van der Waals surface area contributed by atoms with E-state index < -0.39 is 0 Å². The molecule has 7 atom stereocenters. The van der Waals surface area contributed by atoms with Gasteiger partial charge in [0.05, 0.1) is 17.8 Å².